The van der Waals surface area contributed by atoms with Crippen molar-refractivity contribution in [1.82, 2.24) is 24.7 Å². The lowest BCUT2D eigenvalue weighted by Gasteiger charge is -2.27. The Hall–Kier alpha value is -2.47. The van der Waals surface area contributed by atoms with Gasteiger partial charge in [0.15, 0.2) is 0 Å². The van der Waals surface area contributed by atoms with Gasteiger partial charge in [0.05, 0.1) is 17.1 Å². The standard InChI is InChI=1S/C16H18N6/c1-12-15(22-9-3-2-4-14(22)19-12)13-5-6-18-16(20-13)21-10-7-17-8-11-21/h2-6,9,17H,7-8,10-11H2,1H3. The van der Waals surface area contributed by atoms with Gasteiger partial charge in [0.1, 0.15) is 5.65 Å². The van der Waals surface area contributed by atoms with E-state index in [1.165, 1.54) is 0 Å². The maximum atomic E-state index is 4.78. The van der Waals surface area contributed by atoms with Crippen molar-refractivity contribution in [2.24, 2.45) is 0 Å². The van der Waals surface area contributed by atoms with E-state index in [4.69, 9.17) is 4.98 Å². The molecule has 3 aromatic rings. The zero-order valence-corrected chi connectivity index (χ0v) is 12.5. The molecule has 22 heavy (non-hydrogen) atoms. The molecule has 1 fully saturated rings. The predicted molar refractivity (Wildman–Crippen MR) is 86.0 cm³/mol. The van der Waals surface area contributed by atoms with Gasteiger partial charge in [0.2, 0.25) is 5.95 Å². The van der Waals surface area contributed by atoms with E-state index < -0.39 is 0 Å². The van der Waals surface area contributed by atoms with Crippen LogP contribution in [0.25, 0.3) is 17.0 Å². The number of anilines is 1. The Labute approximate surface area is 128 Å². The Morgan fingerprint density at radius 1 is 1.09 bits per heavy atom. The van der Waals surface area contributed by atoms with Crippen molar-refractivity contribution in [3.05, 3.63) is 42.4 Å². The van der Waals surface area contributed by atoms with Crippen molar-refractivity contribution in [3.8, 4) is 11.4 Å². The smallest absolute Gasteiger partial charge is 0.225 e. The minimum Gasteiger partial charge on any atom is -0.338 e. The lowest BCUT2D eigenvalue weighted by atomic mass is 10.2. The monoisotopic (exact) mass is 294 g/mol. The Morgan fingerprint density at radius 3 is 2.82 bits per heavy atom. The van der Waals surface area contributed by atoms with Gasteiger partial charge in [-0.3, -0.25) is 4.40 Å². The molecule has 6 nitrogen and oxygen atoms in total. The van der Waals surface area contributed by atoms with Gasteiger partial charge in [0, 0.05) is 38.6 Å². The molecule has 0 unspecified atom stereocenters. The summed E-state index contributed by atoms with van der Waals surface area (Å²) < 4.78 is 2.08. The van der Waals surface area contributed by atoms with E-state index in [9.17, 15) is 0 Å². The van der Waals surface area contributed by atoms with E-state index in [1.807, 2.05) is 43.6 Å². The van der Waals surface area contributed by atoms with Gasteiger partial charge in [-0.25, -0.2) is 15.0 Å². The zero-order chi connectivity index (χ0) is 14.9. The number of aromatic nitrogens is 4. The van der Waals surface area contributed by atoms with E-state index >= 15 is 0 Å². The Bertz CT molecular complexity index is 803. The number of hydrogen-bond donors (Lipinski definition) is 1. The topological polar surface area (TPSA) is 58.4 Å². The molecule has 6 heteroatoms. The van der Waals surface area contributed by atoms with Crippen molar-refractivity contribution in [2.75, 3.05) is 31.1 Å². The van der Waals surface area contributed by atoms with Crippen LogP contribution in [0, 0.1) is 6.92 Å². The number of piperazine rings is 1. The summed E-state index contributed by atoms with van der Waals surface area (Å²) >= 11 is 0. The van der Waals surface area contributed by atoms with E-state index in [0.29, 0.717) is 0 Å². The van der Waals surface area contributed by atoms with Gasteiger partial charge in [0.25, 0.3) is 0 Å². The average molecular weight is 294 g/mol. The van der Waals surface area contributed by atoms with Gasteiger partial charge in [-0.2, -0.15) is 0 Å². The van der Waals surface area contributed by atoms with Crippen molar-refractivity contribution in [1.29, 1.82) is 0 Å². The highest BCUT2D eigenvalue weighted by atomic mass is 15.3. The lowest BCUT2D eigenvalue weighted by molar-refractivity contribution is 0.580. The van der Waals surface area contributed by atoms with Gasteiger partial charge < -0.3 is 10.2 Å². The van der Waals surface area contributed by atoms with Gasteiger partial charge in [-0.05, 0) is 25.1 Å². The van der Waals surface area contributed by atoms with Crippen LogP contribution >= 0.6 is 0 Å². The maximum Gasteiger partial charge on any atom is 0.225 e. The third-order valence-corrected chi connectivity index (χ3v) is 3.99. The second-order valence-corrected chi connectivity index (χ2v) is 5.45. The molecule has 1 N–H and O–H groups in total. The molecule has 4 rings (SSSR count). The SMILES string of the molecule is Cc1nc2ccccn2c1-c1ccnc(N2CCNCC2)n1. The molecule has 1 aliphatic heterocycles. The molecule has 0 aliphatic carbocycles. The predicted octanol–water partition coefficient (Wildman–Crippen LogP) is 1.51. The van der Waals surface area contributed by atoms with Crippen LogP contribution < -0.4 is 10.2 Å². The summed E-state index contributed by atoms with van der Waals surface area (Å²) in [4.78, 5) is 16.0. The highest BCUT2D eigenvalue weighted by Gasteiger charge is 2.16. The summed E-state index contributed by atoms with van der Waals surface area (Å²) in [5.74, 6) is 0.796. The summed E-state index contributed by atoms with van der Waals surface area (Å²) in [6.07, 6.45) is 3.86. The molecule has 112 valence electrons. The minimum atomic E-state index is 0.796. The van der Waals surface area contributed by atoms with Crippen LogP contribution in [-0.4, -0.2) is 45.5 Å². The van der Waals surface area contributed by atoms with Gasteiger partial charge >= 0.3 is 0 Å². The average Bonchev–Trinajstić information content (AvgIpc) is 2.91. The molecular weight excluding hydrogens is 276 g/mol. The fourth-order valence-corrected chi connectivity index (χ4v) is 2.92. The molecule has 0 aromatic carbocycles. The number of aryl methyl sites for hydroxylation is 1. The van der Waals surface area contributed by atoms with Crippen LogP contribution in [0.15, 0.2) is 36.7 Å². The first-order valence-corrected chi connectivity index (χ1v) is 7.56. The number of pyridine rings is 1. The highest BCUT2D eigenvalue weighted by molar-refractivity contribution is 5.64. The number of nitrogens with one attached hydrogen (secondary N) is 1. The molecule has 4 heterocycles. The number of rotatable bonds is 2. The molecule has 0 radical (unpaired) electrons. The summed E-state index contributed by atoms with van der Waals surface area (Å²) in [5, 5.41) is 3.35. The van der Waals surface area contributed by atoms with Crippen LogP contribution in [0.5, 0.6) is 0 Å². The first-order valence-electron chi connectivity index (χ1n) is 7.56. The van der Waals surface area contributed by atoms with E-state index in [2.05, 4.69) is 24.6 Å². The maximum absolute atomic E-state index is 4.78. The molecule has 0 amide bonds. The number of fused-ring (bicyclic) bond motifs is 1. The quantitative estimate of drug-likeness (QED) is 0.776. The van der Waals surface area contributed by atoms with Crippen molar-refractivity contribution < 1.29 is 0 Å². The van der Waals surface area contributed by atoms with E-state index in [0.717, 1.165) is 54.9 Å². The second kappa shape index (κ2) is 5.38. The molecular formula is C16H18N6. The van der Waals surface area contributed by atoms with Crippen LogP contribution in [0.4, 0.5) is 5.95 Å². The lowest BCUT2D eigenvalue weighted by Crippen LogP contribution is -2.44. The van der Waals surface area contributed by atoms with Crippen molar-refractivity contribution in [3.63, 3.8) is 0 Å². The number of hydrogen-bond acceptors (Lipinski definition) is 5. The molecule has 0 atom stereocenters. The van der Waals surface area contributed by atoms with Crippen LogP contribution in [0.2, 0.25) is 0 Å². The molecule has 0 spiro atoms. The second-order valence-electron chi connectivity index (χ2n) is 5.45. The number of nitrogens with zero attached hydrogens (tertiary/aromatic N) is 5. The summed E-state index contributed by atoms with van der Waals surface area (Å²) in [5.41, 5.74) is 3.88. The Balaban J connectivity index is 1.80. The van der Waals surface area contributed by atoms with E-state index in [-0.39, 0.29) is 0 Å². The minimum absolute atomic E-state index is 0.796. The highest BCUT2D eigenvalue weighted by Crippen LogP contribution is 2.24. The van der Waals surface area contributed by atoms with Gasteiger partial charge in [-0.15, -0.1) is 0 Å². The molecule has 0 bridgehead atoms. The van der Waals surface area contributed by atoms with Crippen molar-refractivity contribution in [2.45, 2.75) is 6.92 Å². The summed E-state index contributed by atoms with van der Waals surface area (Å²) in [6.45, 7) is 5.85. The third kappa shape index (κ3) is 2.21. The van der Waals surface area contributed by atoms with Crippen LogP contribution in [-0.2, 0) is 0 Å². The van der Waals surface area contributed by atoms with Crippen molar-refractivity contribution >= 4 is 11.6 Å². The number of imidazole rings is 1. The normalized spacial score (nSPS) is 15.4. The first-order chi connectivity index (χ1) is 10.8. The van der Waals surface area contributed by atoms with Crippen LogP contribution in [0.3, 0.4) is 0 Å². The van der Waals surface area contributed by atoms with Crippen LogP contribution in [0.1, 0.15) is 5.69 Å². The zero-order valence-electron chi connectivity index (χ0n) is 12.5. The molecule has 1 aliphatic rings. The fraction of sp³-hybridized carbons (Fsp3) is 0.312. The summed E-state index contributed by atoms with van der Waals surface area (Å²) in [6, 6.07) is 7.97. The Kier molecular flexibility index (Phi) is 3.23. The van der Waals surface area contributed by atoms with E-state index in [1.54, 1.807) is 0 Å². The third-order valence-electron chi connectivity index (χ3n) is 3.99. The molecule has 1 saturated heterocycles. The molecule has 3 aromatic heterocycles. The fourth-order valence-electron chi connectivity index (χ4n) is 2.92. The largest absolute Gasteiger partial charge is 0.338 e. The molecule has 0 saturated carbocycles. The Morgan fingerprint density at radius 2 is 1.95 bits per heavy atom. The summed E-state index contributed by atoms with van der Waals surface area (Å²) in [7, 11) is 0. The first kappa shape index (κ1) is 13.2. The van der Waals surface area contributed by atoms with Gasteiger partial charge in [-0.1, -0.05) is 6.07 Å².